The van der Waals surface area contributed by atoms with Crippen molar-refractivity contribution in [1.82, 2.24) is 9.36 Å². The van der Waals surface area contributed by atoms with E-state index >= 15 is 0 Å². The molecule has 0 aliphatic carbocycles. The molecule has 0 amide bonds. The third-order valence-corrected chi connectivity index (χ3v) is 4.56. The largest absolute Gasteiger partial charge is 0.371 e. The van der Waals surface area contributed by atoms with Crippen LogP contribution in [0.2, 0.25) is 0 Å². The molecule has 0 saturated carbocycles. The topological polar surface area (TPSA) is 53.7 Å². The molecule has 2 aromatic rings. The first-order chi connectivity index (χ1) is 10.7. The highest BCUT2D eigenvalue weighted by Crippen LogP contribution is 2.34. The SMILES string of the molecule is CCCN1CCCc2cc(N=Nc3nc(C)ns3)c(C)cc21. The maximum absolute atomic E-state index is 4.38. The molecular weight excluding hydrogens is 294 g/mol. The van der Waals surface area contributed by atoms with Crippen molar-refractivity contribution in [1.29, 1.82) is 0 Å². The van der Waals surface area contributed by atoms with Crippen molar-refractivity contribution >= 4 is 28.0 Å². The standard InChI is InChI=1S/C16H21N5S/c1-4-7-21-8-5-6-13-10-14(11(2)9-15(13)21)18-19-16-17-12(3)20-22-16/h9-10H,4-8H2,1-3H3. The van der Waals surface area contributed by atoms with E-state index in [1.54, 1.807) is 0 Å². The number of azo groups is 1. The van der Waals surface area contributed by atoms with E-state index in [0.717, 1.165) is 36.6 Å². The van der Waals surface area contributed by atoms with Crippen LogP contribution in [0.1, 0.15) is 36.7 Å². The van der Waals surface area contributed by atoms with Gasteiger partial charge in [0, 0.05) is 30.3 Å². The average Bonchev–Trinajstić information content (AvgIpc) is 2.92. The first kappa shape index (κ1) is 15.1. The molecule has 1 aliphatic heterocycles. The first-order valence-electron chi connectivity index (χ1n) is 7.78. The van der Waals surface area contributed by atoms with Crippen LogP contribution in [0.5, 0.6) is 0 Å². The smallest absolute Gasteiger partial charge is 0.249 e. The van der Waals surface area contributed by atoms with Crippen LogP contribution in [0.3, 0.4) is 0 Å². The molecule has 0 radical (unpaired) electrons. The zero-order valence-corrected chi connectivity index (χ0v) is 14.2. The van der Waals surface area contributed by atoms with Gasteiger partial charge in [-0.05, 0) is 56.4 Å². The lowest BCUT2D eigenvalue weighted by molar-refractivity contribution is 0.681. The van der Waals surface area contributed by atoms with E-state index in [-0.39, 0.29) is 0 Å². The Morgan fingerprint density at radius 1 is 1.27 bits per heavy atom. The number of aromatic nitrogens is 2. The average molecular weight is 315 g/mol. The summed E-state index contributed by atoms with van der Waals surface area (Å²) in [5.41, 5.74) is 4.85. The third-order valence-electron chi connectivity index (χ3n) is 3.87. The number of anilines is 1. The van der Waals surface area contributed by atoms with E-state index < -0.39 is 0 Å². The molecule has 0 bridgehead atoms. The summed E-state index contributed by atoms with van der Waals surface area (Å²) in [5, 5.41) is 9.21. The van der Waals surface area contributed by atoms with Crippen molar-refractivity contribution < 1.29 is 0 Å². The molecule has 22 heavy (non-hydrogen) atoms. The Hall–Kier alpha value is -1.82. The monoisotopic (exact) mass is 315 g/mol. The molecule has 0 N–H and O–H groups in total. The Bertz CT molecular complexity index is 692. The van der Waals surface area contributed by atoms with Crippen LogP contribution in [0.15, 0.2) is 22.4 Å². The highest BCUT2D eigenvalue weighted by Gasteiger charge is 2.17. The molecule has 116 valence electrons. The maximum atomic E-state index is 4.38. The van der Waals surface area contributed by atoms with Gasteiger partial charge in [-0.3, -0.25) is 0 Å². The van der Waals surface area contributed by atoms with E-state index in [4.69, 9.17) is 0 Å². The fourth-order valence-corrected chi connectivity index (χ4v) is 3.34. The Kier molecular flexibility index (Phi) is 4.47. The van der Waals surface area contributed by atoms with Crippen molar-refractivity contribution in [2.45, 2.75) is 40.0 Å². The van der Waals surface area contributed by atoms with E-state index in [2.05, 4.69) is 50.5 Å². The Morgan fingerprint density at radius 2 is 2.14 bits per heavy atom. The molecule has 3 rings (SSSR count). The molecule has 0 atom stereocenters. The lowest BCUT2D eigenvalue weighted by Gasteiger charge is -2.31. The maximum Gasteiger partial charge on any atom is 0.249 e. The summed E-state index contributed by atoms with van der Waals surface area (Å²) >= 11 is 1.28. The van der Waals surface area contributed by atoms with Gasteiger partial charge in [0.2, 0.25) is 5.13 Å². The summed E-state index contributed by atoms with van der Waals surface area (Å²) in [6, 6.07) is 4.44. The van der Waals surface area contributed by atoms with E-state index in [1.807, 2.05) is 6.92 Å². The van der Waals surface area contributed by atoms with Crippen molar-refractivity contribution in [2.24, 2.45) is 10.2 Å². The minimum absolute atomic E-state index is 0.613. The highest BCUT2D eigenvalue weighted by atomic mass is 32.1. The Labute approximate surface area is 135 Å². The van der Waals surface area contributed by atoms with Crippen molar-refractivity contribution in [3.63, 3.8) is 0 Å². The van der Waals surface area contributed by atoms with Gasteiger partial charge in [0.25, 0.3) is 0 Å². The molecule has 0 spiro atoms. The number of hydrogen-bond donors (Lipinski definition) is 0. The lowest BCUT2D eigenvalue weighted by Crippen LogP contribution is -2.30. The van der Waals surface area contributed by atoms with Gasteiger partial charge in [-0.15, -0.1) is 10.2 Å². The second kappa shape index (κ2) is 6.52. The molecular formula is C16H21N5S. The number of nitrogens with zero attached hydrogens (tertiary/aromatic N) is 5. The molecule has 1 aromatic heterocycles. The molecule has 0 unspecified atom stereocenters. The number of aryl methyl sites for hydroxylation is 3. The number of rotatable bonds is 4. The van der Waals surface area contributed by atoms with Crippen LogP contribution in [-0.2, 0) is 6.42 Å². The summed E-state index contributed by atoms with van der Waals surface area (Å²) in [7, 11) is 0. The van der Waals surface area contributed by atoms with Gasteiger partial charge >= 0.3 is 0 Å². The summed E-state index contributed by atoms with van der Waals surface area (Å²) in [6.45, 7) is 8.47. The minimum Gasteiger partial charge on any atom is -0.371 e. The molecule has 1 aromatic carbocycles. The molecule has 6 heteroatoms. The van der Waals surface area contributed by atoms with Gasteiger partial charge in [0.05, 0.1) is 5.69 Å². The van der Waals surface area contributed by atoms with Crippen molar-refractivity contribution in [2.75, 3.05) is 18.0 Å². The third kappa shape index (κ3) is 3.16. The molecule has 0 saturated heterocycles. The first-order valence-corrected chi connectivity index (χ1v) is 8.55. The van der Waals surface area contributed by atoms with Gasteiger partial charge in [0.15, 0.2) is 0 Å². The van der Waals surface area contributed by atoms with E-state index in [0.29, 0.717) is 5.13 Å². The van der Waals surface area contributed by atoms with E-state index in [9.17, 15) is 0 Å². The van der Waals surface area contributed by atoms with Crippen LogP contribution in [0.4, 0.5) is 16.5 Å². The van der Waals surface area contributed by atoms with Crippen molar-refractivity contribution in [3.8, 4) is 0 Å². The van der Waals surface area contributed by atoms with Crippen LogP contribution >= 0.6 is 11.5 Å². The lowest BCUT2D eigenvalue weighted by atomic mass is 9.98. The van der Waals surface area contributed by atoms with Crippen LogP contribution < -0.4 is 4.90 Å². The van der Waals surface area contributed by atoms with Gasteiger partial charge in [-0.2, -0.15) is 4.37 Å². The van der Waals surface area contributed by atoms with Crippen LogP contribution in [0, 0.1) is 13.8 Å². The van der Waals surface area contributed by atoms with Crippen LogP contribution in [-0.4, -0.2) is 22.4 Å². The fourth-order valence-electron chi connectivity index (χ4n) is 2.83. The van der Waals surface area contributed by atoms with Gasteiger partial charge in [-0.1, -0.05) is 6.92 Å². The van der Waals surface area contributed by atoms with Gasteiger partial charge in [-0.25, -0.2) is 4.98 Å². The quantitative estimate of drug-likeness (QED) is 0.766. The number of benzene rings is 1. The fraction of sp³-hybridized carbons (Fsp3) is 0.500. The second-order valence-corrected chi connectivity index (χ2v) is 6.41. The predicted octanol–water partition coefficient (Wildman–Crippen LogP) is 4.73. The molecule has 0 fully saturated rings. The molecule has 2 heterocycles. The summed E-state index contributed by atoms with van der Waals surface area (Å²) in [6.07, 6.45) is 3.51. The predicted molar refractivity (Wildman–Crippen MR) is 90.8 cm³/mol. The summed E-state index contributed by atoms with van der Waals surface area (Å²) in [4.78, 5) is 6.71. The minimum atomic E-state index is 0.613. The zero-order chi connectivity index (χ0) is 15.5. The Balaban J connectivity index is 1.89. The summed E-state index contributed by atoms with van der Waals surface area (Å²) in [5.74, 6) is 0.747. The molecule has 5 nitrogen and oxygen atoms in total. The zero-order valence-electron chi connectivity index (χ0n) is 13.3. The Morgan fingerprint density at radius 3 is 2.86 bits per heavy atom. The number of fused-ring (bicyclic) bond motifs is 1. The van der Waals surface area contributed by atoms with Crippen molar-refractivity contribution in [3.05, 3.63) is 29.1 Å². The number of hydrogen-bond acceptors (Lipinski definition) is 6. The van der Waals surface area contributed by atoms with E-state index in [1.165, 1.54) is 35.6 Å². The molecule has 1 aliphatic rings. The second-order valence-electron chi connectivity index (χ2n) is 5.68. The van der Waals surface area contributed by atoms with Gasteiger partial charge < -0.3 is 4.90 Å². The summed E-state index contributed by atoms with van der Waals surface area (Å²) < 4.78 is 4.12. The highest BCUT2D eigenvalue weighted by molar-refractivity contribution is 7.09. The normalized spacial score (nSPS) is 14.6. The van der Waals surface area contributed by atoms with Gasteiger partial charge in [0.1, 0.15) is 5.82 Å². The van der Waals surface area contributed by atoms with Crippen LogP contribution in [0.25, 0.3) is 0 Å².